The van der Waals surface area contributed by atoms with E-state index in [4.69, 9.17) is 4.74 Å². The minimum Gasteiger partial charge on any atom is -0.447 e. The van der Waals surface area contributed by atoms with Crippen molar-refractivity contribution in [1.82, 2.24) is 15.8 Å². The Kier molecular flexibility index (Phi) is 7.57. The van der Waals surface area contributed by atoms with Crippen molar-refractivity contribution in [2.45, 2.75) is 44.2 Å². The fourth-order valence-corrected chi connectivity index (χ4v) is 4.38. The van der Waals surface area contributed by atoms with E-state index in [0.29, 0.717) is 31.3 Å². The summed E-state index contributed by atoms with van der Waals surface area (Å²) in [6.45, 7) is 1.63. The highest BCUT2D eigenvalue weighted by molar-refractivity contribution is 5.95. The molecule has 0 bridgehead atoms. The van der Waals surface area contributed by atoms with Crippen molar-refractivity contribution in [2.75, 3.05) is 31.6 Å². The lowest BCUT2D eigenvalue weighted by Gasteiger charge is -2.18. The van der Waals surface area contributed by atoms with Crippen LogP contribution in [0.1, 0.15) is 54.1 Å². The summed E-state index contributed by atoms with van der Waals surface area (Å²) < 4.78 is 18.1. The first-order valence-electron chi connectivity index (χ1n) is 11.6. The number of unbranched alkanes of at least 4 members (excludes halogenated alkanes) is 2. The molecule has 0 saturated carbocycles. The van der Waals surface area contributed by atoms with Crippen LogP contribution in [0.15, 0.2) is 48.5 Å². The number of amides is 2. The van der Waals surface area contributed by atoms with Crippen LogP contribution in [0.25, 0.3) is 0 Å². The average molecular weight is 455 g/mol. The van der Waals surface area contributed by atoms with Crippen molar-refractivity contribution in [1.29, 1.82) is 0 Å². The van der Waals surface area contributed by atoms with Gasteiger partial charge in [-0.3, -0.25) is 20.5 Å². The van der Waals surface area contributed by atoms with Crippen LogP contribution in [0.5, 0.6) is 0 Å². The molecule has 2 amide bonds. The number of hydrogen-bond donors (Lipinski definition) is 2. The van der Waals surface area contributed by atoms with Gasteiger partial charge in [-0.15, -0.1) is 0 Å². The van der Waals surface area contributed by atoms with Crippen molar-refractivity contribution in [3.8, 4) is 0 Å². The SMILES string of the molecule is CN(CCCCCC1CC(c2ccc(F)cc2)NN1)C(=O)c1ccc(N2CCOC2=O)cc1. The summed E-state index contributed by atoms with van der Waals surface area (Å²) in [5, 5.41) is 0. The maximum Gasteiger partial charge on any atom is 0.414 e. The minimum atomic E-state index is -0.347. The molecule has 2 fully saturated rings. The van der Waals surface area contributed by atoms with Crippen molar-refractivity contribution >= 4 is 17.7 Å². The minimum absolute atomic E-state index is 0.0191. The third-order valence-corrected chi connectivity index (χ3v) is 6.33. The number of rotatable bonds is 9. The van der Waals surface area contributed by atoms with Crippen molar-refractivity contribution in [3.05, 3.63) is 65.5 Å². The maximum absolute atomic E-state index is 13.1. The number of halogens is 1. The summed E-state index contributed by atoms with van der Waals surface area (Å²) in [5.74, 6) is -0.232. The molecule has 4 rings (SSSR count). The quantitative estimate of drug-likeness (QED) is 0.560. The Morgan fingerprint density at radius 3 is 2.55 bits per heavy atom. The van der Waals surface area contributed by atoms with Gasteiger partial charge in [0, 0.05) is 36.9 Å². The molecule has 2 saturated heterocycles. The number of carbonyl (C=O) groups excluding carboxylic acids is 2. The Balaban J connectivity index is 1.14. The summed E-state index contributed by atoms with van der Waals surface area (Å²) in [6.07, 6.45) is 4.77. The molecule has 2 unspecified atom stereocenters. The number of nitrogens with zero attached hydrogens (tertiary/aromatic N) is 2. The third kappa shape index (κ3) is 5.89. The number of carbonyl (C=O) groups is 2. The Bertz CT molecular complexity index is 951. The molecule has 0 radical (unpaired) electrons. The zero-order valence-corrected chi connectivity index (χ0v) is 18.9. The largest absolute Gasteiger partial charge is 0.447 e. The molecule has 2 heterocycles. The van der Waals surface area contributed by atoms with Gasteiger partial charge in [-0.05, 0) is 61.2 Å². The first-order chi connectivity index (χ1) is 16.0. The Morgan fingerprint density at radius 1 is 1.09 bits per heavy atom. The van der Waals surface area contributed by atoms with Gasteiger partial charge in [0.2, 0.25) is 0 Å². The smallest absolute Gasteiger partial charge is 0.414 e. The van der Waals surface area contributed by atoms with Gasteiger partial charge in [0.25, 0.3) is 5.91 Å². The molecule has 7 nitrogen and oxygen atoms in total. The van der Waals surface area contributed by atoms with Crippen LogP contribution >= 0.6 is 0 Å². The molecule has 0 spiro atoms. The molecule has 0 aromatic heterocycles. The van der Waals surface area contributed by atoms with E-state index in [9.17, 15) is 14.0 Å². The monoisotopic (exact) mass is 454 g/mol. The molecule has 2 N–H and O–H groups in total. The number of ether oxygens (including phenoxy) is 1. The molecule has 2 aromatic rings. The van der Waals surface area contributed by atoms with Gasteiger partial charge < -0.3 is 9.64 Å². The molecule has 33 heavy (non-hydrogen) atoms. The van der Waals surface area contributed by atoms with Gasteiger partial charge in [0.05, 0.1) is 6.54 Å². The summed E-state index contributed by atoms with van der Waals surface area (Å²) in [6, 6.07) is 14.4. The first-order valence-corrected chi connectivity index (χ1v) is 11.6. The van der Waals surface area contributed by atoms with Gasteiger partial charge in [0.15, 0.2) is 0 Å². The van der Waals surface area contributed by atoms with E-state index in [-0.39, 0.29) is 23.9 Å². The molecule has 0 aliphatic carbocycles. The third-order valence-electron chi connectivity index (χ3n) is 6.33. The number of cyclic esters (lactones) is 1. The second kappa shape index (κ2) is 10.8. The highest BCUT2D eigenvalue weighted by atomic mass is 19.1. The fraction of sp³-hybridized carbons (Fsp3) is 0.440. The van der Waals surface area contributed by atoms with E-state index >= 15 is 0 Å². The molecular formula is C25H31FN4O3. The standard InChI is InChI=1S/C25H31FN4O3/c1-29(24(31)19-8-12-22(13-9-19)30-15-16-33-25(30)32)14-4-2-3-5-21-17-23(28-27-21)18-6-10-20(26)11-7-18/h6-13,21,23,27-28H,2-5,14-17H2,1H3. The summed E-state index contributed by atoms with van der Waals surface area (Å²) >= 11 is 0. The zero-order valence-electron chi connectivity index (χ0n) is 18.9. The Labute approximate surface area is 193 Å². The molecule has 2 atom stereocenters. The van der Waals surface area contributed by atoms with Crippen LogP contribution in [0.2, 0.25) is 0 Å². The molecule has 2 aliphatic rings. The lowest BCUT2D eigenvalue weighted by molar-refractivity contribution is 0.0792. The highest BCUT2D eigenvalue weighted by Gasteiger charge is 2.25. The lowest BCUT2D eigenvalue weighted by Crippen LogP contribution is -2.30. The number of nitrogens with one attached hydrogen (secondary N) is 2. The van der Waals surface area contributed by atoms with Crippen molar-refractivity contribution in [2.24, 2.45) is 0 Å². The number of benzene rings is 2. The van der Waals surface area contributed by atoms with Crippen LogP contribution in [0.4, 0.5) is 14.9 Å². The molecule has 176 valence electrons. The summed E-state index contributed by atoms with van der Waals surface area (Å²) in [4.78, 5) is 27.7. The van der Waals surface area contributed by atoms with E-state index in [1.54, 1.807) is 34.1 Å². The van der Waals surface area contributed by atoms with E-state index in [2.05, 4.69) is 10.9 Å². The predicted octanol–water partition coefficient (Wildman–Crippen LogP) is 4.02. The lowest BCUT2D eigenvalue weighted by atomic mass is 9.99. The van der Waals surface area contributed by atoms with Crippen LogP contribution in [0, 0.1) is 5.82 Å². The molecule has 2 aromatic carbocycles. The van der Waals surface area contributed by atoms with Crippen molar-refractivity contribution in [3.63, 3.8) is 0 Å². The Morgan fingerprint density at radius 2 is 1.85 bits per heavy atom. The Hall–Kier alpha value is -2.97. The summed E-state index contributed by atoms with van der Waals surface area (Å²) in [5.41, 5.74) is 9.10. The maximum atomic E-state index is 13.1. The number of hydrogen-bond acceptors (Lipinski definition) is 5. The van der Waals surface area contributed by atoms with Gasteiger partial charge in [-0.2, -0.15) is 0 Å². The van der Waals surface area contributed by atoms with Gasteiger partial charge >= 0.3 is 6.09 Å². The van der Waals surface area contributed by atoms with E-state index in [1.807, 2.05) is 19.2 Å². The fourth-order valence-electron chi connectivity index (χ4n) is 4.38. The second-order valence-electron chi connectivity index (χ2n) is 8.71. The van der Waals surface area contributed by atoms with Crippen LogP contribution in [0.3, 0.4) is 0 Å². The van der Waals surface area contributed by atoms with E-state index < -0.39 is 0 Å². The predicted molar refractivity (Wildman–Crippen MR) is 124 cm³/mol. The topological polar surface area (TPSA) is 73.9 Å². The second-order valence-corrected chi connectivity index (χ2v) is 8.71. The van der Waals surface area contributed by atoms with Crippen molar-refractivity contribution < 1.29 is 18.7 Å². The van der Waals surface area contributed by atoms with Gasteiger partial charge in [-0.1, -0.05) is 25.0 Å². The van der Waals surface area contributed by atoms with Crippen LogP contribution in [-0.4, -0.2) is 49.7 Å². The van der Waals surface area contributed by atoms with E-state index in [1.165, 1.54) is 12.1 Å². The molecule has 8 heteroatoms. The average Bonchev–Trinajstić information content (AvgIpc) is 3.48. The number of hydrazine groups is 1. The molecular weight excluding hydrogens is 423 g/mol. The van der Waals surface area contributed by atoms with Crippen LogP contribution in [-0.2, 0) is 4.74 Å². The normalized spacial score (nSPS) is 20.2. The highest BCUT2D eigenvalue weighted by Crippen LogP contribution is 2.25. The zero-order chi connectivity index (χ0) is 23.2. The van der Waals surface area contributed by atoms with E-state index in [0.717, 1.165) is 43.4 Å². The number of anilines is 1. The van der Waals surface area contributed by atoms with Crippen LogP contribution < -0.4 is 15.8 Å². The summed E-state index contributed by atoms with van der Waals surface area (Å²) in [7, 11) is 1.82. The van der Waals surface area contributed by atoms with Gasteiger partial charge in [0.1, 0.15) is 12.4 Å². The van der Waals surface area contributed by atoms with Gasteiger partial charge in [-0.25, -0.2) is 9.18 Å². The first kappa shape index (κ1) is 23.2. The molecule has 2 aliphatic heterocycles.